The van der Waals surface area contributed by atoms with E-state index < -0.39 is 11.4 Å². The molecule has 1 aliphatic carbocycles. The number of hydrogen-bond donors (Lipinski definition) is 1. The van der Waals surface area contributed by atoms with Crippen LogP contribution in [0.15, 0.2) is 18.2 Å². The van der Waals surface area contributed by atoms with E-state index in [9.17, 15) is 9.90 Å². The quantitative estimate of drug-likeness (QED) is 0.828. The average Bonchev–Trinajstić information content (AvgIpc) is 2.43. The molecule has 0 spiro atoms. The van der Waals surface area contributed by atoms with Gasteiger partial charge in [-0.2, -0.15) is 0 Å². The summed E-state index contributed by atoms with van der Waals surface area (Å²) >= 11 is 12.0. The third-order valence-corrected chi connectivity index (χ3v) is 5.24. The minimum atomic E-state index is -0.679. The number of aliphatic carboxylic acids is 1. The Bertz CT molecular complexity index is 501. The molecular formula is C16H20Cl2O2. The first kappa shape index (κ1) is 15.7. The standard InChI is InChI=1S/C16H20Cl2O2/c1-2-11-4-3-7-16(9-11,15(19)20)10-12-5-6-13(17)14(18)8-12/h5-6,8,11H,2-4,7,9-10H2,1H3,(H,19,20). The lowest BCUT2D eigenvalue weighted by molar-refractivity contribution is -0.152. The Kier molecular flexibility index (Phi) is 4.98. The van der Waals surface area contributed by atoms with Gasteiger partial charge in [-0.05, 0) is 42.9 Å². The van der Waals surface area contributed by atoms with Crippen molar-refractivity contribution in [2.45, 2.75) is 45.4 Å². The molecule has 2 rings (SSSR count). The Morgan fingerprint density at radius 3 is 2.75 bits per heavy atom. The van der Waals surface area contributed by atoms with Gasteiger partial charge in [0.25, 0.3) is 0 Å². The molecule has 2 nitrogen and oxygen atoms in total. The minimum Gasteiger partial charge on any atom is -0.481 e. The van der Waals surface area contributed by atoms with Crippen LogP contribution in [0.2, 0.25) is 10.0 Å². The van der Waals surface area contributed by atoms with Crippen LogP contribution in [0.1, 0.15) is 44.6 Å². The van der Waals surface area contributed by atoms with Crippen molar-refractivity contribution in [1.82, 2.24) is 0 Å². The number of carbonyl (C=O) groups is 1. The Labute approximate surface area is 130 Å². The predicted octanol–water partition coefficient (Wildman–Crippen LogP) is 5.21. The van der Waals surface area contributed by atoms with Gasteiger partial charge in [0.1, 0.15) is 0 Å². The van der Waals surface area contributed by atoms with Crippen LogP contribution in [0.4, 0.5) is 0 Å². The maximum Gasteiger partial charge on any atom is 0.309 e. The number of hydrogen-bond acceptors (Lipinski definition) is 1. The highest BCUT2D eigenvalue weighted by atomic mass is 35.5. The second-order valence-electron chi connectivity index (χ2n) is 5.88. The van der Waals surface area contributed by atoms with Crippen LogP contribution in [0.5, 0.6) is 0 Å². The van der Waals surface area contributed by atoms with E-state index in [1.54, 1.807) is 12.1 Å². The highest BCUT2D eigenvalue weighted by Crippen LogP contribution is 2.43. The first-order valence-electron chi connectivity index (χ1n) is 7.14. The maximum absolute atomic E-state index is 11.8. The lowest BCUT2D eigenvalue weighted by atomic mass is 9.66. The topological polar surface area (TPSA) is 37.3 Å². The summed E-state index contributed by atoms with van der Waals surface area (Å²) in [5.41, 5.74) is 0.314. The fraction of sp³-hybridized carbons (Fsp3) is 0.562. The van der Waals surface area contributed by atoms with Crippen molar-refractivity contribution in [1.29, 1.82) is 0 Å². The molecule has 0 heterocycles. The van der Waals surface area contributed by atoms with Crippen LogP contribution < -0.4 is 0 Å². The van der Waals surface area contributed by atoms with Gasteiger partial charge in [0, 0.05) is 0 Å². The SMILES string of the molecule is CCC1CCCC(Cc2ccc(Cl)c(Cl)c2)(C(=O)O)C1. The smallest absolute Gasteiger partial charge is 0.309 e. The molecule has 0 bridgehead atoms. The number of carboxylic acids is 1. The molecule has 1 aliphatic rings. The molecular weight excluding hydrogens is 295 g/mol. The molecule has 0 radical (unpaired) electrons. The van der Waals surface area contributed by atoms with Gasteiger partial charge >= 0.3 is 5.97 Å². The van der Waals surface area contributed by atoms with Crippen LogP contribution in [0.25, 0.3) is 0 Å². The summed E-state index contributed by atoms with van der Waals surface area (Å²) in [4.78, 5) is 11.8. The lowest BCUT2D eigenvalue weighted by Crippen LogP contribution is -2.38. The van der Waals surface area contributed by atoms with Crippen LogP contribution in [-0.2, 0) is 11.2 Å². The molecule has 0 saturated heterocycles. The number of benzene rings is 1. The molecule has 4 heteroatoms. The third kappa shape index (κ3) is 3.29. The van der Waals surface area contributed by atoms with E-state index in [0.717, 1.165) is 37.7 Å². The second-order valence-corrected chi connectivity index (χ2v) is 6.70. The van der Waals surface area contributed by atoms with Gasteiger partial charge in [0.15, 0.2) is 0 Å². The molecule has 2 atom stereocenters. The summed E-state index contributed by atoms with van der Waals surface area (Å²) in [6, 6.07) is 5.42. The van der Waals surface area contributed by atoms with E-state index >= 15 is 0 Å². The fourth-order valence-corrected chi connectivity index (χ4v) is 3.63. The summed E-state index contributed by atoms with van der Waals surface area (Å²) < 4.78 is 0. The highest BCUT2D eigenvalue weighted by Gasteiger charge is 2.42. The van der Waals surface area contributed by atoms with Gasteiger partial charge in [0.2, 0.25) is 0 Å². The maximum atomic E-state index is 11.8. The molecule has 110 valence electrons. The first-order chi connectivity index (χ1) is 9.47. The zero-order chi connectivity index (χ0) is 14.8. The molecule has 0 amide bonds. The zero-order valence-corrected chi connectivity index (χ0v) is 13.2. The van der Waals surface area contributed by atoms with Crippen molar-refractivity contribution in [2.24, 2.45) is 11.3 Å². The van der Waals surface area contributed by atoms with Gasteiger partial charge in [0.05, 0.1) is 15.5 Å². The third-order valence-electron chi connectivity index (χ3n) is 4.50. The molecule has 0 aromatic heterocycles. The van der Waals surface area contributed by atoms with Crippen molar-refractivity contribution in [2.75, 3.05) is 0 Å². The average molecular weight is 315 g/mol. The molecule has 1 saturated carbocycles. The number of carboxylic acid groups (broad SMARTS) is 1. The van der Waals surface area contributed by atoms with Crippen LogP contribution >= 0.6 is 23.2 Å². The van der Waals surface area contributed by atoms with E-state index in [4.69, 9.17) is 23.2 Å². The van der Waals surface area contributed by atoms with Gasteiger partial charge < -0.3 is 5.11 Å². The molecule has 1 aromatic carbocycles. The van der Waals surface area contributed by atoms with Gasteiger partial charge in [-0.1, -0.05) is 55.5 Å². The molecule has 20 heavy (non-hydrogen) atoms. The monoisotopic (exact) mass is 314 g/mol. The van der Waals surface area contributed by atoms with Crippen molar-refractivity contribution in [3.8, 4) is 0 Å². The van der Waals surface area contributed by atoms with Crippen molar-refractivity contribution < 1.29 is 9.90 Å². The van der Waals surface area contributed by atoms with Crippen LogP contribution in [0, 0.1) is 11.3 Å². The first-order valence-corrected chi connectivity index (χ1v) is 7.90. The summed E-state index contributed by atoms with van der Waals surface area (Å²) in [7, 11) is 0. The zero-order valence-electron chi connectivity index (χ0n) is 11.7. The van der Waals surface area contributed by atoms with E-state index in [0.29, 0.717) is 22.4 Å². The Morgan fingerprint density at radius 2 is 2.15 bits per heavy atom. The van der Waals surface area contributed by atoms with E-state index in [-0.39, 0.29) is 0 Å². The normalized spacial score (nSPS) is 26.4. The van der Waals surface area contributed by atoms with E-state index in [1.165, 1.54) is 0 Å². The summed E-state index contributed by atoms with van der Waals surface area (Å²) in [6.07, 6.45) is 5.24. The van der Waals surface area contributed by atoms with Gasteiger partial charge in [-0.3, -0.25) is 4.79 Å². The number of rotatable bonds is 4. The Balaban J connectivity index is 2.24. The summed E-state index contributed by atoms with van der Waals surface area (Å²) in [5.74, 6) is -0.163. The highest BCUT2D eigenvalue weighted by molar-refractivity contribution is 6.42. The Morgan fingerprint density at radius 1 is 1.40 bits per heavy atom. The van der Waals surface area contributed by atoms with E-state index in [2.05, 4.69) is 6.92 Å². The van der Waals surface area contributed by atoms with Crippen LogP contribution in [0.3, 0.4) is 0 Å². The van der Waals surface area contributed by atoms with Crippen LogP contribution in [-0.4, -0.2) is 11.1 Å². The largest absolute Gasteiger partial charge is 0.481 e. The molecule has 0 aliphatic heterocycles. The lowest BCUT2D eigenvalue weighted by Gasteiger charge is -2.37. The molecule has 1 N–H and O–H groups in total. The van der Waals surface area contributed by atoms with Crippen molar-refractivity contribution >= 4 is 29.2 Å². The molecule has 1 fully saturated rings. The van der Waals surface area contributed by atoms with Crippen molar-refractivity contribution in [3.63, 3.8) is 0 Å². The fourth-order valence-electron chi connectivity index (χ4n) is 3.31. The van der Waals surface area contributed by atoms with E-state index in [1.807, 2.05) is 6.07 Å². The molecule has 2 unspecified atom stereocenters. The van der Waals surface area contributed by atoms with Gasteiger partial charge in [-0.25, -0.2) is 0 Å². The number of halogens is 2. The minimum absolute atomic E-state index is 0.493. The summed E-state index contributed by atoms with van der Waals surface area (Å²) in [5, 5.41) is 10.7. The van der Waals surface area contributed by atoms with Crippen molar-refractivity contribution in [3.05, 3.63) is 33.8 Å². The Hall–Kier alpha value is -0.730. The second kappa shape index (κ2) is 6.36. The summed E-state index contributed by atoms with van der Waals surface area (Å²) in [6.45, 7) is 2.14. The molecule has 1 aromatic rings. The van der Waals surface area contributed by atoms with Gasteiger partial charge in [-0.15, -0.1) is 0 Å². The predicted molar refractivity (Wildman–Crippen MR) is 82.5 cm³/mol.